The highest BCUT2D eigenvalue weighted by molar-refractivity contribution is 7.26. The summed E-state index contributed by atoms with van der Waals surface area (Å²) >= 11 is 1.69. The molecule has 1 heterocycles. The minimum Gasteiger partial charge on any atom is -0.496 e. The first kappa shape index (κ1) is 31.5. The van der Waals surface area contributed by atoms with E-state index in [1.54, 1.807) is 18.4 Å². The van der Waals surface area contributed by atoms with Crippen LogP contribution in [0.1, 0.15) is 85.4 Å². The molecule has 43 heavy (non-hydrogen) atoms. The van der Waals surface area contributed by atoms with Crippen molar-refractivity contribution in [3.63, 3.8) is 0 Å². The quantitative estimate of drug-likeness (QED) is 0.222. The third-order valence-corrected chi connectivity index (χ3v) is 13.7. The largest absolute Gasteiger partial charge is 0.496 e. The average Bonchev–Trinajstić information content (AvgIpc) is 3.49. The fraction of sp³-hybridized carbons (Fsp3) is 0.500. The molecule has 2 aliphatic rings. The molecule has 5 rings (SSSR count). The first-order chi connectivity index (χ1) is 20.6. The number of aliphatic hydroxyl groups is 1. The Morgan fingerprint density at radius 1 is 1.07 bits per heavy atom. The summed E-state index contributed by atoms with van der Waals surface area (Å²) in [6.07, 6.45) is 10.2. The maximum absolute atomic E-state index is 14.1. The van der Waals surface area contributed by atoms with E-state index in [0.717, 1.165) is 67.0 Å². The smallest absolute Gasteiger partial charge is 0.258 e. The van der Waals surface area contributed by atoms with Gasteiger partial charge in [0.2, 0.25) is 0 Å². The predicted octanol–water partition coefficient (Wildman–Crippen LogP) is 7.41. The molecule has 0 radical (unpaired) electrons. The molecule has 228 valence electrons. The molecule has 2 saturated carbocycles. The van der Waals surface area contributed by atoms with E-state index < -0.39 is 13.7 Å². The van der Waals surface area contributed by atoms with Crippen molar-refractivity contribution in [3.05, 3.63) is 70.4 Å². The van der Waals surface area contributed by atoms with Crippen LogP contribution in [0, 0.1) is 24.7 Å². The van der Waals surface area contributed by atoms with E-state index >= 15 is 0 Å². The average molecular weight is 615 g/mol. The number of amides is 1. The number of aryl methyl sites for hydroxylation is 1. The summed E-state index contributed by atoms with van der Waals surface area (Å²) in [5.74, 6) is 8.24. The summed E-state index contributed by atoms with van der Waals surface area (Å²) in [4.78, 5) is 20.5. The number of aromatic nitrogens is 1. The Morgan fingerprint density at radius 2 is 1.81 bits per heavy atom. The molecule has 1 aromatic heterocycles. The van der Waals surface area contributed by atoms with Crippen LogP contribution in [0.3, 0.4) is 0 Å². The number of hydrogen-bond donors (Lipinski definition) is 1. The highest BCUT2D eigenvalue weighted by atomic mass is 32.1. The van der Waals surface area contributed by atoms with Crippen molar-refractivity contribution in [2.24, 2.45) is 5.92 Å². The number of nitrogens with zero attached hydrogens (tertiary/aromatic N) is 2. The zero-order valence-corrected chi connectivity index (χ0v) is 28.2. The van der Waals surface area contributed by atoms with Crippen LogP contribution in [0.15, 0.2) is 48.7 Å². The van der Waals surface area contributed by atoms with Crippen LogP contribution in [0.2, 0.25) is 19.6 Å². The number of hydrogen-bond acceptors (Lipinski definition) is 5. The molecule has 0 bridgehead atoms. The summed E-state index contributed by atoms with van der Waals surface area (Å²) in [5.41, 5.74) is 2.95. The van der Waals surface area contributed by atoms with Gasteiger partial charge in [0.15, 0.2) is 5.01 Å². The number of carbonyl (C=O) groups excluding carboxylic acids is 1. The molecule has 5 nitrogen and oxygen atoms in total. The summed E-state index contributed by atoms with van der Waals surface area (Å²) < 4.78 is 6.81. The van der Waals surface area contributed by atoms with E-state index in [2.05, 4.69) is 61.6 Å². The van der Waals surface area contributed by atoms with Crippen molar-refractivity contribution >= 4 is 35.5 Å². The summed E-state index contributed by atoms with van der Waals surface area (Å²) in [5, 5.41) is 12.3. The van der Waals surface area contributed by atoms with E-state index in [0.29, 0.717) is 31.2 Å². The Labute approximate surface area is 262 Å². The lowest BCUT2D eigenvalue weighted by atomic mass is 9.77. The minimum atomic E-state index is -1.42. The number of benzene rings is 2. The normalized spacial score (nSPS) is 20.1. The topological polar surface area (TPSA) is 62.7 Å². The zero-order valence-electron chi connectivity index (χ0n) is 26.4. The van der Waals surface area contributed by atoms with E-state index in [1.807, 2.05) is 35.4 Å². The second kappa shape index (κ2) is 13.4. The second-order valence-electron chi connectivity index (χ2n) is 13.5. The SMILES string of the molecule is COc1ccc(C2CCC(CN(C(=O)C3(O)CCCCC3)c3cccc(C#Cc4ncc([Si](C)(C)C)s4)c3)CC2)cc1C. The lowest BCUT2D eigenvalue weighted by Gasteiger charge is -2.38. The lowest BCUT2D eigenvalue weighted by molar-refractivity contribution is -0.140. The molecule has 2 aromatic carbocycles. The number of rotatable bonds is 7. The third kappa shape index (κ3) is 7.60. The molecule has 0 saturated heterocycles. The number of anilines is 1. The van der Waals surface area contributed by atoms with Crippen LogP contribution in [0.4, 0.5) is 5.69 Å². The standard InChI is InChI=1S/C36H46N2O3SSi/c1-26-22-30(17-18-32(26)41-2)29-15-12-28(13-16-29)25-38(35(39)36(40)20-7-6-8-21-36)31-11-9-10-27(23-31)14-19-33-37-24-34(42-33)43(3,4)5/h9-11,17-18,22-24,28-29,40H,6-8,12-13,15-16,20-21,25H2,1-5H3. The van der Waals surface area contributed by atoms with E-state index in [4.69, 9.17) is 4.74 Å². The maximum Gasteiger partial charge on any atom is 0.258 e. The number of carbonyl (C=O) groups is 1. The summed E-state index contributed by atoms with van der Waals surface area (Å²) in [6, 6.07) is 14.5. The predicted molar refractivity (Wildman–Crippen MR) is 180 cm³/mol. The summed E-state index contributed by atoms with van der Waals surface area (Å²) in [6.45, 7) is 9.69. The van der Waals surface area contributed by atoms with Crippen LogP contribution in [-0.2, 0) is 4.79 Å². The molecule has 0 spiro atoms. The van der Waals surface area contributed by atoms with Crippen molar-refractivity contribution in [1.29, 1.82) is 0 Å². The van der Waals surface area contributed by atoms with Crippen LogP contribution in [0.5, 0.6) is 5.75 Å². The highest BCUT2D eigenvalue weighted by Crippen LogP contribution is 2.39. The molecule has 0 unspecified atom stereocenters. The van der Waals surface area contributed by atoms with E-state index in [9.17, 15) is 9.90 Å². The Bertz CT molecular complexity index is 1480. The Kier molecular flexibility index (Phi) is 9.80. The molecular formula is C36H46N2O3SSi. The van der Waals surface area contributed by atoms with Gasteiger partial charge in [-0.15, -0.1) is 11.3 Å². The Morgan fingerprint density at radius 3 is 2.47 bits per heavy atom. The van der Waals surface area contributed by atoms with Crippen molar-refractivity contribution in [2.75, 3.05) is 18.6 Å². The lowest BCUT2D eigenvalue weighted by Crippen LogP contribution is -2.51. The third-order valence-electron chi connectivity index (χ3n) is 9.22. The summed E-state index contributed by atoms with van der Waals surface area (Å²) in [7, 11) is 0.302. The van der Waals surface area contributed by atoms with Crippen LogP contribution >= 0.6 is 11.3 Å². The van der Waals surface area contributed by atoms with Crippen molar-refractivity contribution in [3.8, 4) is 17.6 Å². The first-order valence-electron chi connectivity index (χ1n) is 15.8. The van der Waals surface area contributed by atoms with Gasteiger partial charge in [0.1, 0.15) is 11.4 Å². The van der Waals surface area contributed by atoms with Gasteiger partial charge >= 0.3 is 0 Å². The van der Waals surface area contributed by atoms with E-state index in [1.165, 1.54) is 15.6 Å². The molecule has 0 aliphatic heterocycles. The molecule has 1 amide bonds. The number of ether oxygens (including phenoxy) is 1. The van der Waals surface area contributed by atoms with Crippen LogP contribution in [-0.4, -0.2) is 43.3 Å². The van der Waals surface area contributed by atoms with Crippen molar-refractivity contribution in [1.82, 2.24) is 4.98 Å². The molecule has 0 atom stereocenters. The van der Waals surface area contributed by atoms with Crippen LogP contribution < -0.4 is 14.1 Å². The van der Waals surface area contributed by atoms with Gasteiger partial charge in [0.25, 0.3) is 5.91 Å². The maximum atomic E-state index is 14.1. The van der Waals surface area contributed by atoms with Gasteiger partial charge in [-0.1, -0.05) is 63.0 Å². The van der Waals surface area contributed by atoms with E-state index in [-0.39, 0.29) is 5.91 Å². The molecule has 1 N–H and O–H groups in total. The van der Waals surface area contributed by atoms with Gasteiger partial charge in [-0.05, 0) is 98.6 Å². The number of methoxy groups -OCH3 is 1. The van der Waals surface area contributed by atoms with Gasteiger partial charge in [-0.3, -0.25) is 4.79 Å². The monoisotopic (exact) mass is 614 g/mol. The molecule has 3 aromatic rings. The number of thiazole rings is 1. The fourth-order valence-electron chi connectivity index (χ4n) is 6.56. The van der Waals surface area contributed by atoms with Crippen molar-refractivity contribution in [2.45, 2.75) is 95.9 Å². The molecule has 2 fully saturated rings. The van der Waals surface area contributed by atoms with Crippen LogP contribution in [0.25, 0.3) is 0 Å². The zero-order chi connectivity index (χ0) is 30.6. The van der Waals surface area contributed by atoms with Gasteiger partial charge in [-0.2, -0.15) is 0 Å². The van der Waals surface area contributed by atoms with Gasteiger partial charge < -0.3 is 14.7 Å². The second-order valence-corrected chi connectivity index (χ2v) is 20.0. The highest BCUT2D eigenvalue weighted by Gasteiger charge is 2.41. The van der Waals surface area contributed by atoms with Gasteiger partial charge in [-0.25, -0.2) is 4.98 Å². The Hall–Kier alpha value is -2.92. The fourth-order valence-corrected chi connectivity index (χ4v) is 9.04. The first-order valence-corrected chi connectivity index (χ1v) is 20.1. The molecule has 2 aliphatic carbocycles. The molecular weight excluding hydrogens is 569 g/mol. The Balaban J connectivity index is 1.34. The van der Waals surface area contributed by atoms with Gasteiger partial charge in [0.05, 0.1) is 15.2 Å². The van der Waals surface area contributed by atoms with Gasteiger partial charge in [0, 0.05) is 28.5 Å². The molecule has 7 heteroatoms. The minimum absolute atomic E-state index is 0.148. The van der Waals surface area contributed by atoms with Crippen molar-refractivity contribution < 1.29 is 14.6 Å².